The lowest BCUT2D eigenvalue weighted by Crippen LogP contribution is -2.45. The largest absolute Gasteiger partial charge is 0.466 e. The van der Waals surface area contributed by atoms with Crippen LogP contribution in [0.15, 0.2) is 34.7 Å². The Bertz CT molecular complexity index is 887. The van der Waals surface area contributed by atoms with Crippen molar-refractivity contribution in [1.82, 2.24) is 10.9 Å². The smallest absolute Gasteiger partial charge is 0.273 e. The third kappa shape index (κ3) is 3.86. The van der Waals surface area contributed by atoms with Crippen molar-refractivity contribution in [2.45, 2.75) is 33.6 Å². The minimum atomic E-state index is -0.519. The number of aryl methyl sites for hydroxylation is 3. The third-order valence-electron chi connectivity index (χ3n) is 4.74. The van der Waals surface area contributed by atoms with Crippen molar-refractivity contribution in [1.29, 1.82) is 0 Å². The zero-order valence-corrected chi connectivity index (χ0v) is 15.7. The number of carbonyl (C=O) groups is 3. The summed E-state index contributed by atoms with van der Waals surface area (Å²) in [7, 11) is 0. The van der Waals surface area contributed by atoms with E-state index in [1.165, 1.54) is 0 Å². The lowest BCUT2D eigenvalue weighted by molar-refractivity contribution is -0.126. The van der Waals surface area contributed by atoms with Crippen molar-refractivity contribution in [2.75, 3.05) is 11.4 Å². The fourth-order valence-corrected chi connectivity index (χ4v) is 3.33. The normalized spacial score (nSPS) is 16.5. The number of nitrogens with one attached hydrogen (secondary N) is 2. The number of nitrogens with zero attached hydrogens (tertiary/aromatic N) is 1. The lowest BCUT2D eigenvalue weighted by Gasteiger charge is -2.20. The van der Waals surface area contributed by atoms with Crippen molar-refractivity contribution in [2.24, 2.45) is 5.92 Å². The van der Waals surface area contributed by atoms with Gasteiger partial charge in [-0.3, -0.25) is 25.2 Å². The molecule has 0 saturated carbocycles. The van der Waals surface area contributed by atoms with Crippen molar-refractivity contribution in [3.8, 4) is 0 Å². The number of benzene rings is 1. The number of carbonyl (C=O) groups excluding carboxylic acids is 3. The highest BCUT2D eigenvalue weighted by Crippen LogP contribution is 2.28. The van der Waals surface area contributed by atoms with E-state index in [0.29, 0.717) is 23.6 Å². The van der Waals surface area contributed by atoms with Crippen LogP contribution in [0.1, 0.15) is 40.8 Å². The van der Waals surface area contributed by atoms with Crippen molar-refractivity contribution >= 4 is 23.4 Å². The Hall–Kier alpha value is -3.09. The molecule has 3 rings (SSSR count). The lowest BCUT2D eigenvalue weighted by atomic mass is 10.1. The second-order valence-electron chi connectivity index (χ2n) is 6.66. The van der Waals surface area contributed by atoms with Gasteiger partial charge in [0.05, 0.1) is 11.5 Å². The molecule has 142 valence electrons. The number of anilines is 1. The van der Waals surface area contributed by atoms with Crippen LogP contribution in [0, 0.1) is 19.8 Å². The van der Waals surface area contributed by atoms with Crippen LogP contribution < -0.4 is 15.8 Å². The molecule has 1 fully saturated rings. The summed E-state index contributed by atoms with van der Waals surface area (Å²) >= 11 is 0. The Morgan fingerprint density at radius 3 is 2.63 bits per heavy atom. The van der Waals surface area contributed by atoms with E-state index >= 15 is 0 Å². The quantitative estimate of drug-likeness (QED) is 0.809. The van der Waals surface area contributed by atoms with E-state index in [9.17, 15) is 14.4 Å². The molecule has 0 radical (unpaired) electrons. The molecule has 1 atom stereocenters. The Morgan fingerprint density at radius 1 is 1.22 bits per heavy atom. The highest BCUT2D eigenvalue weighted by molar-refractivity contribution is 6.01. The van der Waals surface area contributed by atoms with Gasteiger partial charge in [0.25, 0.3) is 5.91 Å². The van der Waals surface area contributed by atoms with Gasteiger partial charge >= 0.3 is 0 Å². The molecule has 27 heavy (non-hydrogen) atoms. The van der Waals surface area contributed by atoms with Gasteiger partial charge < -0.3 is 9.32 Å². The third-order valence-corrected chi connectivity index (χ3v) is 4.74. The van der Waals surface area contributed by atoms with Crippen LogP contribution >= 0.6 is 0 Å². The van der Waals surface area contributed by atoms with Crippen molar-refractivity contribution in [3.63, 3.8) is 0 Å². The molecular formula is C20H23N3O4. The molecule has 1 aliphatic heterocycles. The Morgan fingerprint density at radius 2 is 1.96 bits per heavy atom. The van der Waals surface area contributed by atoms with Crippen LogP contribution in [0.25, 0.3) is 0 Å². The topological polar surface area (TPSA) is 91.7 Å². The average Bonchev–Trinajstić information content (AvgIpc) is 3.21. The second-order valence-corrected chi connectivity index (χ2v) is 6.66. The monoisotopic (exact) mass is 369 g/mol. The number of para-hydroxylation sites is 1. The Balaban J connectivity index is 1.62. The number of hydrogen-bond donors (Lipinski definition) is 2. The Labute approximate surface area is 157 Å². The molecular weight excluding hydrogens is 346 g/mol. The molecule has 7 heteroatoms. The highest BCUT2D eigenvalue weighted by atomic mass is 16.3. The first-order valence-electron chi connectivity index (χ1n) is 8.96. The fraction of sp³-hybridized carbons (Fsp3) is 0.350. The molecule has 1 unspecified atom stereocenters. The fourth-order valence-electron chi connectivity index (χ4n) is 3.33. The van der Waals surface area contributed by atoms with Gasteiger partial charge in [-0.1, -0.05) is 25.1 Å². The average molecular weight is 369 g/mol. The zero-order valence-electron chi connectivity index (χ0n) is 15.7. The van der Waals surface area contributed by atoms with Gasteiger partial charge in [0, 0.05) is 18.7 Å². The van der Waals surface area contributed by atoms with Gasteiger partial charge in [0.2, 0.25) is 11.8 Å². The summed E-state index contributed by atoms with van der Waals surface area (Å²) in [6.07, 6.45) is 0.917. The SMILES string of the molecule is CCc1ccccc1N1CC(C(=O)NNC(=O)c2cc(C)oc2C)CC1=O. The first kappa shape index (κ1) is 18.7. The van der Waals surface area contributed by atoms with Gasteiger partial charge in [-0.15, -0.1) is 0 Å². The summed E-state index contributed by atoms with van der Waals surface area (Å²) in [5.41, 5.74) is 7.09. The van der Waals surface area contributed by atoms with Gasteiger partial charge in [0.1, 0.15) is 11.5 Å². The van der Waals surface area contributed by atoms with Gasteiger partial charge in [0.15, 0.2) is 0 Å². The molecule has 0 spiro atoms. The van der Waals surface area contributed by atoms with E-state index in [4.69, 9.17) is 4.42 Å². The van der Waals surface area contributed by atoms with Crippen LogP contribution in [-0.4, -0.2) is 24.3 Å². The number of furan rings is 1. The minimum absolute atomic E-state index is 0.0938. The van der Waals surface area contributed by atoms with E-state index in [2.05, 4.69) is 10.9 Å². The van der Waals surface area contributed by atoms with E-state index in [-0.39, 0.29) is 18.2 Å². The second kappa shape index (κ2) is 7.65. The molecule has 2 N–H and O–H groups in total. The summed E-state index contributed by atoms with van der Waals surface area (Å²) in [6.45, 7) is 5.75. The minimum Gasteiger partial charge on any atom is -0.466 e. The standard InChI is InChI=1S/C20H23N3O4/c1-4-14-7-5-6-8-17(14)23-11-15(10-18(23)24)19(25)21-22-20(26)16-9-12(2)27-13(16)3/h5-9,15H,4,10-11H2,1-3H3,(H,21,25)(H,22,26). The van der Waals surface area contributed by atoms with Crippen molar-refractivity contribution < 1.29 is 18.8 Å². The van der Waals surface area contributed by atoms with Crippen LogP contribution in [0.3, 0.4) is 0 Å². The molecule has 2 heterocycles. The molecule has 0 bridgehead atoms. The van der Waals surface area contributed by atoms with E-state index < -0.39 is 11.8 Å². The number of rotatable bonds is 4. The molecule has 2 aromatic rings. The maximum Gasteiger partial charge on any atom is 0.273 e. The van der Waals surface area contributed by atoms with Crippen molar-refractivity contribution in [3.05, 3.63) is 53.0 Å². The van der Waals surface area contributed by atoms with Gasteiger partial charge in [-0.05, 0) is 38.0 Å². The van der Waals surface area contributed by atoms with Crippen LogP contribution in [0.5, 0.6) is 0 Å². The maximum atomic E-state index is 12.4. The van der Waals surface area contributed by atoms with Crippen LogP contribution in [0.4, 0.5) is 5.69 Å². The van der Waals surface area contributed by atoms with Crippen LogP contribution in [-0.2, 0) is 16.0 Å². The Kier molecular flexibility index (Phi) is 5.30. The summed E-state index contributed by atoms with van der Waals surface area (Å²) in [6, 6.07) is 9.29. The molecule has 1 aliphatic rings. The van der Waals surface area contributed by atoms with E-state index in [1.807, 2.05) is 31.2 Å². The number of hydrogen-bond acceptors (Lipinski definition) is 4. The summed E-state index contributed by atoms with van der Waals surface area (Å²) in [5.74, 6) is -0.340. The summed E-state index contributed by atoms with van der Waals surface area (Å²) in [5, 5.41) is 0. The van der Waals surface area contributed by atoms with E-state index in [0.717, 1.165) is 17.7 Å². The first-order valence-corrected chi connectivity index (χ1v) is 8.96. The van der Waals surface area contributed by atoms with Gasteiger partial charge in [-0.2, -0.15) is 0 Å². The predicted molar refractivity (Wildman–Crippen MR) is 100 cm³/mol. The van der Waals surface area contributed by atoms with Crippen LogP contribution in [0.2, 0.25) is 0 Å². The molecule has 1 saturated heterocycles. The predicted octanol–water partition coefficient (Wildman–Crippen LogP) is 2.27. The highest BCUT2D eigenvalue weighted by Gasteiger charge is 2.36. The maximum absolute atomic E-state index is 12.4. The number of hydrazine groups is 1. The molecule has 0 aliphatic carbocycles. The molecule has 1 aromatic heterocycles. The zero-order chi connectivity index (χ0) is 19.6. The molecule has 1 aromatic carbocycles. The molecule has 7 nitrogen and oxygen atoms in total. The summed E-state index contributed by atoms with van der Waals surface area (Å²) in [4.78, 5) is 38.6. The first-order chi connectivity index (χ1) is 12.9. The number of amides is 3. The summed E-state index contributed by atoms with van der Waals surface area (Å²) < 4.78 is 5.32. The van der Waals surface area contributed by atoms with Gasteiger partial charge in [-0.25, -0.2) is 0 Å². The molecule has 3 amide bonds. The van der Waals surface area contributed by atoms with E-state index in [1.54, 1.807) is 24.8 Å².